The lowest BCUT2D eigenvalue weighted by atomic mass is 9.75. The summed E-state index contributed by atoms with van der Waals surface area (Å²) in [7, 11) is 0. The summed E-state index contributed by atoms with van der Waals surface area (Å²) in [5, 5.41) is 6.61. The Kier molecular flexibility index (Phi) is 6.34. The number of H-pyrrole nitrogens is 1. The Bertz CT molecular complexity index is 560. The van der Waals surface area contributed by atoms with Gasteiger partial charge < -0.3 is 9.47 Å². The first-order chi connectivity index (χ1) is 11.4. The summed E-state index contributed by atoms with van der Waals surface area (Å²) >= 11 is 0. The van der Waals surface area contributed by atoms with Crippen LogP contribution in [0.1, 0.15) is 52.2 Å². The lowest BCUT2D eigenvalue weighted by molar-refractivity contribution is -0.157. The van der Waals surface area contributed by atoms with E-state index >= 15 is 0 Å². The van der Waals surface area contributed by atoms with Crippen LogP contribution in [0, 0.1) is 17.8 Å². The van der Waals surface area contributed by atoms with Crippen LogP contribution in [-0.4, -0.2) is 39.8 Å². The molecule has 1 aliphatic carbocycles. The number of nitrogens with zero attached hydrogens (tertiary/aromatic N) is 2. The molecular weight excluding hydrogens is 310 g/mol. The third-order valence-corrected chi connectivity index (χ3v) is 4.44. The van der Waals surface area contributed by atoms with Gasteiger partial charge in [0.15, 0.2) is 5.82 Å². The van der Waals surface area contributed by atoms with Crippen LogP contribution in [0.3, 0.4) is 0 Å². The van der Waals surface area contributed by atoms with Crippen LogP contribution >= 0.6 is 0 Å². The van der Waals surface area contributed by atoms with Crippen LogP contribution in [0.25, 0.3) is 0 Å². The van der Waals surface area contributed by atoms with Crippen LogP contribution in [0.4, 0.5) is 0 Å². The Morgan fingerprint density at radius 1 is 1.12 bits per heavy atom. The number of aromatic nitrogens is 3. The highest BCUT2D eigenvalue weighted by atomic mass is 16.5. The molecule has 1 aromatic rings. The summed E-state index contributed by atoms with van der Waals surface area (Å²) in [5.74, 6) is 1.43. The van der Waals surface area contributed by atoms with Gasteiger partial charge in [-0.1, -0.05) is 20.8 Å². The number of esters is 2. The third kappa shape index (κ3) is 5.04. The molecule has 0 bridgehead atoms. The molecular formula is C17H27N3O4. The second-order valence-corrected chi connectivity index (χ2v) is 6.84. The molecule has 0 aromatic carbocycles. The minimum atomic E-state index is -0.385. The molecule has 134 valence electrons. The molecule has 24 heavy (non-hydrogen) atoms. The molecule has 1 fully saturated rings. The monoisotopic (exact) mass is 337 g/mol. The SMILES string of the molecule is CCOC(=O)Cc1n[nH]c(CC(=O)OC2C(C)CC(C)CC2C)n1. The van der Waals surface area contributed by atoms with Gasteiger partial charge in [-0.05, 0) is 37.5 Å². The Hall–Kier alpha value is -1.92. The van der Waals surface area contributed by atoms with E-state index in [0.717, 1.165) is 12.8 Å². The van der Waals surface area contributed by atoms with Gasteiger partial charge >= 0.3 is 11.9 Å². The normalized spacial score (nSPS) is 26.8. The van der Waals surface area contributed by atoms with Crippen LogP contribution in [-0.2, 0) is 31.9 Å². The molecule has 1 saturated carbocycles. The van der Waals surface area contributed by atoms with Crippen LogP contribution < -0.4 is 0 Å². The highest BCUT2D eigenvalue weighted by Gasteiger charge is 2.34. The number of carbonyl (C=O) groups is 2. The molecule has 1 N–H and O–H groups in total. The molecule has 2 unspecified atom stereocenters. The van der Waals surface area contributed by atoms with E-state index in [1.165, 1.54) is 0 Å². The highest BCUT2D eigenvalue weighted by molar-refractivity contribution is 5.72. The van der Waals surface area contributed by atoms with Gasteiger partial charge in [0.05, 0.1) is 6.61 Å². The molecule has 0 radical (unpaired) electrons. The highest BCUT2D eigenvalue weighted by Crippen LogP contribution is 2.35. The maximum Gasteiger partial charge on any atom is 0.313 e. The second kappa shape index (κ2) is 8.26. The molecule has 7 heteroatoms. The zero-order valence-electron chi connectivity index (χ0n) is 14.9. The van der Waals surface area contributed by atoms with Crippen molar-refractivity contribution in [2.75, 3.05) is 6.61 Å². The number of aromatic amines is 1. The lowest BCUT2D eigenvalue weighted by Crippen LogP contribution is -2.37. The van der Waals surface area contributed by atoms with E-state index in [1.807, 2.05) is 0 Å². The van der Waals surface area contributed by atoms with Gasteiger partial charge in [-0.2, -0.15) is 5.10 Å². The quantitative estimate of drug-likeness (QED) is 0.799. The van der Waals surface area contributed by atoms with Crippen molar-refractivity contribution in [2.24, 2.45) is 17.8 Å². The standard InChI is InChI=1S/C17H27N3O4/c1-5-23-15(21)8-13-18-14(20-19-13)9-16(22)24-17-11(3)6-10(2)7-12(17)4/h10-12,17H,5-9H2,1-4H3,(H,18,19,20). The largest absolute Gasteiger partial charge is 0.466 e. The smallest absolute Gasteiger partial charge is 0.313 e. The van der Waals surface area contributed by atoms with E-state index in [1.54, 1.807) is 6.92 Å². The van der Waals surface area contributed by atoms with Crippen molar-refractivity contribution in [1.82, 2.24) is 15.2 Å². The average molecular weight is 337 g/mol. The molecule has 7 nitrogen and oxygen atoms in total. The number of rotatable bonds is 6. The van der Waals surface area contributed by atoms with Crippen LogP contribution in [0.15, 0.2) is 0 Å². The predicted octanol–water partition coefficient (Wildman–Crippen LogP) is 2.07. The summed E-state index contributed by atoms with van der Waals surface area (Å²) < 4.78 is 10.5. The fraction of sp³-hybridized carbons (Fsp3) is 0.765. The minimum absolute atomic E-state index is 0.00598. The number of carbonyl (C=O) groups excluding carboxylic acids is 2. The zero-order chi connectivity index (χ0) is 17.7. The minimum Gasteiger partial charge on any atom is -0.466 e. The van der Waals surface area contributed by atoms with Gasteiger partial charge in [-0.25, -0.2) is 4.98 Å². The van der Waals surface area contributed by atoms with E-state index in [2.05, 4.69) is 36.0 Å². The maximum absolute atomic E-state index is 12.2. The Morgan fingerprint density at radius 2 is 1.79 bits per heavy atom. The van der Waals surface area contributed by atoms with Gasteiger partial charge in [0.1, 0.15) is 24.8 Å². The summed E-state index contributed by atoms with van der Waals surface area (Å²) in [6, 6.07) is 0. The first-order valence-corrected chi connectivity index (χ1v) is 8.64. The first kappa shape index (κ1) is 18.4. The molecule has 0 amide bonds. The molecule has 1 aromatic heterocycles. The molecule has 2 rings (SSSR count). The van der Waals surface area contributed by atoms with Gasteiger partial charge in [0.25, 0.3) is 0 Å². The Balaban J connectivity index is 1.86. The van der Waals surface area contributed by atoms with E-state index in [4.69, 9.17) is 9.47 Å². The van der Waals surface area contributed by atoms with E-state index in [0.29, 0.717) is 36.0 Å². The summed E-state index contributed by atoms with van der Waals surface area (Å²) in [6.45, 7) is 8.57. The van der Waals surface area contributed by atoms with Crippen molar-refractivity contribution >= 4 is 11.9 Å². The number of hydrogen-bond acceptors (Lipinski definition) is 6. The Morgan fingerprint density at radius 3 is 2.42 bits per heavy atom. The van der Waals surface area contributed by atoms with Crippen molar-refractivity contribution in [3.05, 3.63) is 11.6 Å². The number of nitrogens with one attached hydrogen (secondary N) is 1. The zero-order valence-corrected chi connectivity index (χ0v) is 14.9. The molecule has 1 heterocycles. The van der Waals surface area contributed by atoms with Crippen molar-refractivity contribution in [3.8, 4) is 0 Å². The van der Waals surface area contributed by atoms with Crippen molar-refractivity contribution in [1.29, 1.82) is 0 Å². The predicted molar refractivity (Wildman–Crippen MR) is 87.0 cm³/mol. The van der Waals surface area contributed by atoms with E-state index in [9.17, 15) is 9.59 Å². The lowest BCUT2D eigenvalue weighted by Gasteiger charge is -2.37. The number of ether oxygens (including phenoxy) is 2. The topological polar surface area (TPSA) is 94.2 Å². The van der Waals surface area contributed by atoms with Gasteiger partial charge in [0.2, 0.25) is 0 Å². The summed E-state index contributed by atoms with van der Waals surface area (Å²) in [4.78, 5) is 27.7. The summed E-state index contributed by atoms with van der Waals surface area (Å²) in [5.41, 5.74) is 0. The first-order valence-electron chi connectivity index (χ1n) is 8.64. The molecule has 0 spiro atoms. The van der Waals surface area contributed by atoms with Crippen LogP contribution in [0.5, 0.6) is 0 Å². The van der Waals surface area contributed by atoms with Crippen molar-refractivity contribution < 1.29 is 19.1 Å². The van der Waals surface area contributed by atoms with Gasteiger partial charge in [-0.3, -0.25) is 14.7 Å². The second-order valence-electron chi connectivity index (χ2n) is 6.84. The summed E-state index contributed by atoms with van der Waals surface area (Å²) in [6.07, 6.45) is 2.13. The Labute approximate surface area is 142 Å². The maximum atomic E-state index is 12.2. The molecule has 1 aliphatic rings. The fourth-order valence-electron chi connectivity index (χ4n) is 3.59. The van der Waals surface area contributed by atoms with Gasteiger partial charge in [0, 0.05) is 0 Å². The number of hydrogen-bond donors (Lipinski definition) is 1. The molecule has 0 saturated heterocycles. The van der Waals surface area contributed by atoms with Crippen LogP contribution in [0.2, 0.25) is 0 Å². The fourth-order valence-corrected chi connectivity index (χ4v) is 3.59. The molecule has 2 atom stereocenters. The average Bonchev–Trinajstić information content (AvgIpc) is 2.90. The van der Waals surface area contributed by atoms with Crippen molar-refractivity contribution in [2.45, 2.75) is 59.5 Å². The van der Waals surface area contributed by atoms with E-state index < -0.39 is 0 Å². The molecule has 0 aliphatic heterocycles. The van der Waals surface area contributed by atoms with Gasteiger partial charge in [-0.15, -0.1) is 0 Å². The third-order valence-electron chi connectivity index (χ3n) is 4.44. The van der Waals surface area contributed by atoms with E-state index in [-0.39, 0.29) is 30.9 Å². The van der Waals surface area contributed by atoms with Crippen molar-refractivity contribution in [3.63, 3.8) is 0 Å².